The zero-order chi connectivity index (χ0) is 16.7. The maximum absolute atomic E-state index is 12.0. The zero-order valence-corrected chi connectivity index (χ0v) is 12.7. The topological polar surface area (TPSA) is 88.4 Å². The summed E-state index contributed by atoms with van der Waals surface area (Å²) in [5, 5.41) is 10.5. The van der Waals surface area contributed by atoms with Crippen LogP contribution in [0.4, 0.5) is 0 Å². The van der Waals surface area contributed by atoms with Crippen LogP contribution in [-0.2, 0) is 25.6 Å². The fourth-order valence-corrected chi connectivity index (χ4v) is 3.02. The molecular formula is C17H13N3O4. The van der Waals surface area contributed by atoms with Gasteiger partial charge in [0.15, 0.2) is 0 Å². The quantitative estimate of drug-likeness (QED) is 0.730. The van der Waals surface area contributed by atoms with Crippen LogP contribution in [0.5, 0.6) is 0 Å². The van der Waals surface area contributed by atoms with Gasteiger partial charge in [0.1, 0.15) is 0 Å². The van der Waals surface area contributed by atoms with Crippen molar-refractivity contribution in [3.8, 4) is 0 Å². The van der Waals surface area contributed by atoms with E-state index in [9.17, 15) is 14.4 Å². The number of allylic oxidation sites excluding steroid dienone is 1. The summed E-state index contributed by atoms with van der Waals surface area (Å²) in [4.78, 5) is 39.9. The third-order valence-electron chi connectivity index (χ3n) is 4.18. The number of carbonyl (C=O) groups excluding carboxylic acids is 3. The lowest BCUT2D eigenvalue weighted by atomic mass is 9.98. The van der Waals surface area contributed by atoms with Gasteiger partial charge in [-0.3, -0.25) is 9.59 Å². The van der Waals surface area contributed by atoms with Crippen LogP contribution in [0.1, 0.15) is 36.0 Å². The van der Waals surface area contributed by atoms with Gasteiger partial charge in [0.05, 0.1) is 18.0 Å². The second-order valence-corrected chi connectivity index (χ2v) is 5.71. The fourth-order valence-electron chi connectivity index (χ4n) is 3.02. The van der Waals surface area contributed by atoms with E-state index in [0.717, 1.165) is 27.3 Å². The highest BCUT2D eigenvalue weighted by molar-refractivity contribution is 6.01. The molecule has 0 spiro atoms. The summed E-state index contributed by atoms with van der Waals surface area (Å²) < 4.78 is 0. The Balaban J connectivity index is 1.53. The third-order valence-corrected chi connectivity index (χ3v) is 4.18. The lowest BCUT2D eigenvalue weighted by molar-refractivity contribution is -0.197. The van der Waals surface area contributed by atoms with E-state index in [1.54, 1.807) is 6.21 Å². The number of benzene rings is 1. The lowest BCUT2D eigenvalue weighted by Gasteiger charge is -2.13. The molecule has 1 aromatic carbocycles. The molecule has 1 aromatic rings. The smallest absolute Gasteiger partial charge is 0.330 e. The molecule has 0 saturated carbocycles. The predicted molar refractivity (Wildman–Crippen MR) is 83.8 cm³/mol. The summed E-state index contributed by atoms with van der Waals surface area (Å²) in [6, 6.07) is 2.01. The van der Waals surface area contributed by atoms with Gasteiger partial charge in [-0.1, -0.05) is 18.2 Å². The largest absolute Gasteiger partial charge is 0.333 e. The molecule has 7 nitrogen and oxygen atoms in total. The second-order valence-electron chi connectivity index (χ2n) is 5.71. The van der Waals surface area contributed by atoms with E-state index in [-0.39, 0.29) is 19.3 Å². The molecule has 2 aliphatic heterocycles. The van der Waals surface area contributed by atoms with E-state index in [1.807, 2.05) is 24.3 Å². The van der Waals surface area contributed by atoms with Crippen molar-refractivity contribution >= 4 is 36.2 Å². The average Bonchev–Trinajstić information content (AvgIpc) is 3.27. The van der Waals surface area contributed by atoms with Crippen LogP contribution in [-0.4, -0.2) is 29.1 Å². The first kappa shape index (κ1) is 14.5. The number of nitrogens with zero attached hydrogens (tertiary/aromatic N) is 3. The van der Waals surface area contributed by atoms with Crippen molar-refractivity contribution in [2.45, 2.75) is 25.7 Å². The zero-order valence-electron chi connectivity index (χ0n) is 12.7. The fraction of sp³-hybridized carbons (Fsp3) is 0.235. The van der Waals surface area contributed by atoms with Crippen molar-refractivity contribution in [2.24, 2.45) is 10.2 Å². The van der Waals surface area contributed by atoms with E-state index in [1.165, 1.54) is 0 Å². The highest BCUT2D eigenvalue weighted by Crippen LogP contribution is 2.15. The molecule has 0 bridgehead atoms. The normalized spacial score (nSPS) is 16.9. The Kier molecular flexibility index (Phi) is 3.34. The molecule has 4 rings (SSSR count). The minimum absolute atomic E-state index is 0.0450. The van der Waals surface area contributed by atoms with Crippen molar-refractivity contribution in [3.63, 3.8) is 0 Å². The third kappa shape index (κ3) is 2.34. The van der Waals surface area contributed by atoms with Crippen LogP contribution in [0.25, 0.3) is 12.2 Å². The van der Waals surface area contributed by atoms with Gasteiger partial charge in [-0.25, -0.2) is 4.79 Å². The van der Waals surface area contributed by atoms with Crippen LogP contribution < -0.4 is 10.6 Å². The van der Waals surface area contributed by atoms with E-state index >= 15 is 0 Å². The SMILES string of the molecule is O=C(CCc1c2c(cc3c1=NN=C3)=CC=C2)ON1C(=O)CCC1=O. The molecule has 1 aliphatic carbocycles. The maximum atomic E-state index is 12.0. The lowest BCUT2D eigenvalue weighted by Crippen LogP contribution is -2.32. The molecule has 0 radical (unpaired) electrons. The number of carbonyl (C=O) groups is 3. The molecule has 0 aromatic heterocycles. The number of fused-ring (bicyclic) bond motifs is 2. The Morgan fingerprint density at radius 1 is 1.25 bits per heavy atom. The first-order chi connectivity index (χ1) is 11.6. The molecule has 24 heavy (non-hydrogen) atoms. The molecule has 0 atom stereocenters. The highest BCUT2D eigenvalue weighted by atomic mass is 16.7. The van der Waals surface area contributed by atoms with E-state index in [4.69, 9.17) is 4.84 Å². The van der Waals surface area contributed by atoms with Crippen LogP contribution in [0, 0.1) is 0 Å². The van der Waals surface area contributed by atoms with Crippen LogP contribution in [0.15, 0.2) is 22.3 Å². The summed E-state index contributed by atoms with van der Waals surface area (Å²) in [6.07, 6.45) is 8.20. The van der Waals surface area contributed by atoms with Crippen molar-refractivity contribution in [2.75, 3.05) is 0 Å². The Bertz CT molecular complexity index is 943. The van der Waals surface area contributed by atoms with Crippen LogP contribution in [0.2, 0.25) is 0 Å². The van der Waals surface area contributed by atoms with Crippen molar-refractivity contribution < 1.29 is 19.2 Å². The van der Waals surface area contributed by atoms with Gasteiger partial charge in [0, 0.05) is 18.4 Å². The van der Waals surface area contributed by atoms with Gasteiger partial charge < -0.3 is 4.84 Å². The number of hydrogen-bond acceptors (Lipinski definition) is 6. The summed E-state index contributed by atoms with van der Waals surface area (Å²) >= 11 is 0. The van der Waals surface area contributed by atoms with Crippen molar-refractivity contribution in [1.82, 2.24) is 5.06 Å². The summed E-state index contributed by atoms with van der Waals surface area (Å²) in [5.41, 5.74) is 2.85. The molecule has 2 amide bonds. The Labute approximate surface area is 136 Å². The maximum Gasteiger partial charge on any atom is 0.333 e. The number of hydrogen-bond donors (Lipinski definition) is 0. The highest BCUT2D eigenvalue weighted by Gasteiger charge is 2.32. The van der Waals surface area contributed by atoms with Gasteiger partial charge in [-0.05, 0) is 28.8 Å². The Hall–Kier alpha value is -3.09. The predicted octanol–water partition coefficient (Wildman–Crippen LogP) is 0.000800. The number of hydroxylamine groups is 2. The van der Waals surface area contributed by atoms with E-state index in [2.05, 4.69) is 10.2 Å². The van der Waals surface area contributed by atoms with Crippen molar-refractivity contribution in [3.05, 3.63) is 39.4 Å². The van der Waals surface area contributed by atoms with Crippen LogP contribution in [0.3, 0.4) is 0 Å². The average molecular weight is 323 g/mol. The molecule has 0 unspecified atom stereocenters. The first-order valence-corrected chi connectivity index (χ1v) is 7.65. The number of amides is 2. The monoisotopic (exact) mass is 323 g/mol. The minimum Gasteiger partial charge on any atom is -0.330 e. The van der Waals surface area contributed by atoms with E-state index in [0.29, 0.717) is 11.5 Å². The van der Waals surface area contributed by atoms with Gasteiger partial charge in [-0.2, -0.15) is 10.2 Å². The number of imide groups is 1. The summed E-state index contributed by atoms with van der Waals surface area (Å²) in [7, 11) is 0. The van der Waals surface area contributed by atoms with Gasteiger partial charge >= 0.3 is 5.97 Å². The molecule has 3 aliphatic rings. The molecule has 1 saturated heterocycles. The number of rotatable bonds is 4. The van der Waals surface area contributed by atoms with E-state index < -0.39 is 17.8 Å². The first-order valence-electron chi connectivity index (χ1n) is 7.65. The Morgan fingerprint density at radius 2 is 2.04 bits per heavy atom. The molecule has 0 N–H and O–H groups in total. The molecule has 120 valence electrons. The van der Waals surface area contributed by atoms with Crippen LogP contribution >= 0.6 is 0 Å². The molecular weight excluding hydrogens is 310 g/mol. The van der Waals surface area contributed by atoms with Gasteiger partial charge in [0.2, 0.25) is 0 Å². The minimum atomic E-state index is -0.616. The second kappa shape index (κ2) is 5.52. The summed E-state index contributed by atoms with van der Waals surface area (Å²) in [6.45, 7) is 0. The molecule has 2 heterocycles. The van der Waals surface area contributed by atoms with Gasteiger partial charge in [0.25, 0.3) is 11.8 Å². The summed E-state index contributed by atoms with van der Waals surface area (Å²) in [5.74, 6) is -1.57. The molecule has 1 fully saturated rings. The standard InChI is InChI=1S/C17H13N3O4/c21-14-5-6-15(22)20(14)24-16(23)7-4-13-12-3-1-2-10(12)8-11-9-18-19-17(11)13/h1-3,8-9H,4-7H2. The van der Waals surface area contributed by atoms with Gasteiger partial charge in [-0.15, -0.1) is 5.06 Å². The molecule has 7 heteroatoms. The van der Waals surface area contributed by atoms with Crippen molar-refractivity contribution in [1.29, 1.82) is 0 Å². The Morgan fingerprint density at radius 3 is 2.83 bits per heavy atom.